The molecule has 0 aliphatic carbocycles. The van der Waals surface area contributed by atoms with Gasteiger partial charge in [-0.05, 0) is 36.4 Å². The first-order valence-corrected chi connectivity index (χ1v) is 8.07. The fourth-order valence-corrected chi connectivity index (χ4v) is 2.58. The first-order valence-electron chi connectivity index (χ1n) is 7.08. The molecular weight excluding hydrogens is 353 g/mol. The number of H-pyrrole nitrogens is 1. The van der Waals surface area contributed by atoms with Crippen molar-refractivity contribution in [2.45, 2.75) is 5.16 Å². The van der Waals surface area contributed by atoms with Gasteiger partial charge in [0.1, 0.15) is 23.1 Å². The SMILES string of the molecule is O=C(CSc1nnc(-c2ccc(F)cc2)[nH]1)Nc1c(F)cccc1F. The predicted octanol–water partition coefficient (Wildman–Crippen LogP) is 3.62. The highest BCUT2D eigenvalue weighted by atomic mass is 32.2. The third kappa shape index (κ3) is 4.18. The molecular formula is C16H11F3N4OS. The van der Waals surface area contributed by atoms with Gasteiger partial charge in [0.05, 0.1) is 5.75 Å². The number of anilines is 1. The van der Waals surface area contributed by atoms with Crippen LogP contribution in [0.3, 0.4) is 0 Å². The fraction of sp³-hybridized carbons (Fsp3) is 0.0625. The van der Waals surface area contributed by atoms with Gasteiger partial charge in [0.15, 0.2) is 11.0 Å². The van der Waals surface area contributed by atoms with E-state index in [4.69, 9.17) is 0 Å². The zero-order valence-corrected chi connectivity index (χ0v) is 13.4. The summed E-state index contributed by atoms with van der Waals surface area (Å²) in [6.45, 7) is 0. The van der Waals surface area contributed by atoms with Crippen molar-refractivity contribution in [1.82, 2.24) is 15.2 Å². The molecule has 0 aliphatic rings. The van der Waals surface area contributed by atoms with Crippen molar-refractivity contribution in [2.75, 3.05) is 11.1 Å². The van der Waals surface area contributed by atoms with Crippen LogP contribution in [0.15, 0.2) is 47.6 Å². The van der Waals surface area contributed by atoms with Gasteiger partial charge in [0.2, 0.25) is 5.91 Å². The molecule has 0 spiro atoms. The van der Waals surface area contributed by atoms with Crippen molar-refractivity contribution in [3.63, 3.8) is 0 Å². The van der Waals surface area contributed by atoms with Gasteiger partial charge >= 0.3 is 0 Å². The Labute approximate surface area is 144 Å². The van der Waals surface area contributed by atoms with E-state index in [-0.39, 0.29) is 11.6 Å². The lowest BCUT2D eigenvalue weighted by Gasteiger charge is -2.06. The fourth-order valence-electron chi connectivity index (χ4n) is 1.98. The molecule has 0 bridgehead atoms. The molecule has 5 nitrogen and oxygen atoms in total. The van der Waals surface area contributed by atoms with Crippen LogP contribution < -0.4 is 5.32 Å². The van der Waals surface area contributed by atoms with Crippen LogP contribution in [-0.4, -0.2) is 26.8 Å². The van der Waals surface area contributed by atoms with Crippen LogP contribution in [0.2, 0.25) is 0 Å². The lowest BCUT2D eigenvalue weighted by Crippen LogP contribution is -2.16. The van der Waals surface area contributed by atoms with Crippen LogP contribution in [0.25, 0.3) is 11.4 Å². The molecule has 0 aliphatic heterocycles. The van der Waals surface area contributed by atoms with Crippen LogP contribution in [-0.2, 0) is 4.79 Å². The second-order valence-electron chi connectivity index (χ2n) is 4.92. The number of nitrogens with one attached hydrogen (secondary N) is 2. The number of carbonyl (C=O) groups is 1. The Hall–Kier alpha value is -2.81. The Morgan fingerprint density at radius 1 is 1.04 bits per heavy atom. The van der Waals surface area contributed by atoms with E-state index >= 15 is 0 Å². The smallest absolute Gasteiger partial charge is 0.235 e. The van der Waals surface area contributed by atoms with Gasteiger partial charge in [-0.25, -0.2) is 13.2 Å². The number of halogens is 3. The van der Waals surface area contributed by atoms with Gasteiger partial charge in [-0.3, -0.25) is 4.79 Å². The van der Waals surface area contributed by atoms with E-state index < -0.39 is 23.2 Å². The molecule has 3 rings (SSSR count). The van der Waals surface area contributed by atoms with Gasteiger partial charge in [-0.2, -0.15) is 0 Å². The van der Waals surface area contributed by atoms with Crippen molar-refractivity contribution < 1.29 is 18.0 Å². The highest BCUT2D eigenvalue weighted by Crippen LogP contribution is 2.21. The van der Waals surface area contributed by atoms with Gasteiger partial charge in [0, 0.05) is 5.56 Å². The van der Waals surface area contributed by atoms with Crippen LogP contribution in [0.5, 0.6) is 0 Å². The molecule has 3 aromatic rings. The molecule has 25 heavy (non-hydrogen) atoms. The summed E-state index contributed by atoms with van der Waals surface area (Å²) < 4.78 is 39.9. The summed E-state index contributed by atoms with van der Waals surface area (Å²) in [4.78, 5) is 14.7. The van der Waals surface area contributed by atoms with E-state index in [1.54, 1.807) is 0 Å². The Kier molecular flexibility index (Phi) is 5.03. The average molecular weight is 364 g/mol. The van der Waals surface area contributed by atoms with Crippen molar-refractivity contribution in [2.24, 2.45) is 0 Å². The van der Waals surface area contributed by atoms with Crippen LogP contribution in [0, 0.1) is 17.5 Å². The molecule has 9 heteroatoms. The molecule has 0 saturated carbocycles. The first-order chi connectivity index (χ1) is 12.0. The number of para-hydroxylation sites is 1. The molecule has 128 valence electrons. The zero-order valence-electron chi connectivity index (χ0n) is 12.6. The number of rotatable bonds is 5. The number of hydrogen-bond acceptors (Lipinski definition) is 4. The second-order valence-corrected chi connectivity index (χ2v) is 5.88. The molecule has 0 radical (unpaired) electrons. The monoisotopic (exact) mass is 364 g/mol. The van der Waals surface area contributed by atoms with Gasteiger partial charge in [-0.1, -0.05) is 17.8 Å². The van der Waals surface area contributed by atoms with Crippen LogP contribution >= 0.6 is 11.8 Å². The minimum Gasteiger partial charge on any atom is -0.320 e. The number of thioether (sulfide) groups is 1. The molecule has 1 aromatic heterocycles. The predicted molar refractivity (Wildman–Crippen MR) is 87.5 cm³/mol. The standard InChI is InChI=1S/C16H11F3N4OS/c17-10-6-4-9(5-7-10)15-21-16(23-22-15)25-8-13(24)20-14-11(18)2-1-3-12(14)19/h1-7H,8H2,(H,20,24)(H,21,22,23). The first kappa shape index (κ1) is 17.0. The van der Waals surface area contributed by atoms with Gasteiger partial charge in [-0.15, -0.1) is 10.2 Å². The number of benzene rings is 2. The molecule has 0 saturated heterocycles. The third-order valence-electron chi connectivity index (χ3n) is 3.15. The highest BCUT2D eigenvalue weighted by Gasteiger charge is 2.13. The molecule has 2 aromatic carbocycles. The van der Waals surface area contributed by atoms with Crippen molar-refractivity contribution in [3.8, 4) is 11.4 Å². The normalized spacial score (nSPS) is 10.7. The van der Waals surface area contributed by atoms with E-state index in [0.29, 0.717) is 16.5 Å². The lowest BCUT2D eigenvalue weighted by atomic mass is 10.2. The third-order valence-corrected chi connectivity index (χ3v) is 4.01. The van der Waals surface area contributed by atoms with Gasteiger partial charge in [0.25, 0.3) is 0 Å². The molecule has 2 N–H and O–H groups in total. The maximum atomic E-state index is 13.5. The van der Waals surface area contributed by atoms with Crippen LogP contribution in [0.1, 0.15) is 0 Å². The Balaban J connectivity index is 1.60. The quantitative estimate of drug-likeness (QED) is 0.679. The molecule has 0 fully saturated rings. The van der Waals surface area contributed by atoms with E-state index in [0.717, 1.165) is 23.9 Å². The Morgan fingerprint density at radius 2 is 1.72 bits per heavy atom. The number of amides is 1. The summed E-state index contributed by atoms with van der Waals surface area (Å²) in [6.07, 6.45) is 0. The number of hydrogen-bond donors (Lipinski definition) is 2. The summed E-state index contributed by atoms with van der Waals surface area (Å²) >= 11 is 1.02. The van der Waals surface area contributed by atoms with Gasteiger partial charge < -0.3 is 10.3 Å². The van der Waals surface area contributed by atoms with Crippen LogP contribution in [0.4, 0.5) is 18.9 Å². The largest absolute Gasteiger partial charge is 0.320 e. The maximum Gasteiger partial charge on any atom is 0.235 e. The van der Waals surface area contributed by atoms with Crippen molar-refractivity contribution >= 4 is 23.4 Å². The minimum atomic E-state index is -0.850. The summed E-state index contributed by atoms with van der Waals surface area (Å²) in [7, 11) is 0. The number of aromatic nitrogens is 3. The molecule has 1 amide bonds. The topological polar surface area (TPSA) is 70.7 Å². The highest BCUT2D eigenvalue weighted by molar-refractivity contribution is 7.99. The summed E-state index contributed by atoms with van der Waals surface area (Å²) in [5.41, 5.74) is 0.149. The zero-order chi connectivity index (χ0) is 17.8. The average Bonchev–Trinajstić information content (AvgIpc) is 3.06. The summed E-state index contributed by atoms with van der Waals surface area (Å²) in [5, 5.41) is 10.3. The number of aromatic amines is 1. The molecule has 0 atom stereocenters. The van der Waals surface area contributed by atoms with E-state index in [1.165, 1.54) is 30.3 Å². The summed E-state index contributed by atoms with van der Waals surface area (Å²) in [5.74, 6) is -2.36. The Morgan fingerprint density at radius 3 is 2.40 bits per heavy atom. The lowest BCUT2D eigenvalue weighted by molar-refractivity contribution is -0.113. The minimum absolute atomic E-state index is 0.119. The van der Waals surface area contributed by atoms with E-state index in [9.17, 15) is 18.0 Å². The second kappa shape index (κ2) is 7.39. The van der Waals surface area contributed by atoms with E-state index in [1.807, 2.05) is 0 Å². The molecule has 0 unspecified atom stereocenters. The maximum absolute atomic E-state index is 13.5. The summed E-state index contributed by atoms with van der Waals surface area (Å²) in [6, 6.07) is 8.98. The van der Waals surface area contributed by atoms with Crippen molar-refractivity contribution in [3.05, 3.63) is 59.9 Å². The number of nitrogens with zero attached hydrogens (tertiary/aromatic N) is 2. The molecule has 1 heterocycles. The Bertz CT molecular complexity index is 878. The number of carbonyl (C=O) groups excluding carboxylic acids is 1. The van der Waals surface area contributed by atoms with E-state index in [2.05, 4.69) is 20.5 Å². The van der Waals surface area contributed by atoms with Crippen molar-refractivity contribution in [1.29, 1.82) is 0 Å².